The summed E-state index contributed by atoms with van der Waals surface area (Å²) in [6, 6.07) is 0. The minimum absolute atomic E-state index is 0.0184. The first-order valence-corrected chi connectivity index (χ1v) is 13.4. The summed E-state index contributed by atoms with van der Waals surface area (Å²) < 4.78 is 11.2. The van der Waals surface area contributed by atoms with Crippen molar-refractivity contribution in [1.82, 2.24) is 5.32 Å². The van der Waals surface area contributed by atoms with Gasteiger partial charge in [0.05, 0.1) is 13.2 Å². The third-order valence-electron chi connectivity index (χ3n) is 10.0. The van der Waals surface area contributed by atoms with Gasteiger partial charge in [0.1, 0.15) is 13.2 Å². The summed E-state index contributed by atoms with van der Waals surface area (Å²) in [6.45, 7) is 1.06. The van der Waals surface area contributed by atoms with Crippen molar-refractivity contribution in [1.29, 1.82) is 0 Å². The summed E-state index contributed by atoms with van der Waals surface area (Å²) in [6.07, 6.45) is 16.4. The molecule has 1 amide bonds. The molecule has 0 unspecified atom stereocenters. The van der Waals surface area contributed by atoms with E-state index in [2.05, 4.69) is 5.32 Å². The van der Waals surface area contributed by atoms with E-state index in [0.29, 0.717) is 25.0 Å². The molecule has 0 atom stereocenters. The van der Waals surface area contributed by atoms with Crippen molar-refractivity contribution in [3.05, 3.63) is 0 Å². The van der Waals surface area contributed by atoms with E-state index in [0.717, 1.165) is 35.5 Å². The molecular weight excluding hydrogens is 402 g/mol. The molecule has 0 radical (unpaired) electrons. The third kappa shape index (κ3) is 4.41. The Balaban J connectivity index is 0.866. The van der Waals surface area contributed by atoms with Crippen LogP contribution in [0, 0.1) is 40.9 Å². The molecular formula is C27H41NO4. The van der Waals surface area contributed by atoms with E-state index in [1.807, 2.05) is 0 Å². The Kier molecular flexibility index (Phi) is 5.65. The molecule has 0 aliphatic heterocycles. The van der Waals surface area contributed by atoms with Gasteiger partial charge in [-0.05, 0) is 118 Å². The second kappa shape index (κ2) is 8.37. The lowest BCUT2D eigenvalue weighted by Crippen LogP contribution is -2.60. The zero-order valence-corrected chi connectivity index (χ0v) is 19.6. The number of rotatable bonds is 10. The van der Waals surface area contributed by atoms with Crippen LogP contribution in [0.4, 0.5) is 0 Å². The zero-order chi connectivity index (χ0) is 21.8. The monoisotopic (exact) mass is 443 g/mol. The van der Waals surface area contributed by atoms with E-state index >= 15 is 0 Å². The van der Waals surface area contributed by atoms with Gasteiger partial charge in [-0.25, -0.2) is 0 Å². The van der Waals surface area contributed by atoms with Crippen LogP contribution in [0.1, 0.15) is 83.5 Å². The highest BCUT2D eigenvalue weighted by atomic mass is 16.5. The minimum Gasteiger partial charge on any atom is -0.371 e. The fourth-order valence-corrected chi connectivity index (χ4v) is 10.0. The molecule has 32 heavy (non-hydrogen) atoms. The molecule has 0 spiro atoms. The van der Waals surface area contributed by atoms with Gasteiger partial charge in [-0.1, -0.05) is 0 Å². The van der Waals surface area contributed by atoms with Crippen LogP contribution in [0.3, 0.4) is 0 Å². The molecule has 8 fully saturated rings. The van der Waals surface area contributed by atoms with E-state index < -0.39 is 0 Å². The highest BCUT2D eigenvalue weighted by molar-refractivity contribution is 5.80. The first kappa shape index (κ1) is 21.6. The molecule has 5 nitrogen and oxygen atoms in total. The fourth-order valence-electron chi connectivity index (χ4n) is 10.0. The quantitative estimate of drug-likeness (QED) is 0.512. The first-order valence-electron chi connectivity index (χ1n) is 13.4. The Hall–Kier alpha value is -0.940. The van der Waals surface area contributed by atoms with Gasteiger partial charge >= 0.3 is 0 Å². The number of carbonyl (C=O) groups excluding carboxylic acids is 2. The predicted molar refractivity (Wildman–Crippen MR) is 121 cm³/mol. The maximum Gasteiger partial charge on any atom is 0.246 e. The molecule has 0 aromatic rings. The number of ketones is 1. The molecule has 8 saturated carbocycles. The number of Topliss-reactive ketones (excluding diaryl/α,β-unsaturated/α-hetero) is 1. The predicted octanol–water partition coefficient (Wildman–Crippen LogP) is 4.28. The number of ether oxygens (including phenoxy) is 2. The number of carbonyl (C=O) groups is 2. The van der Waals surface area contributed by atoms with Gasteiger partial charge in [0, 0.05) is 12.0 Å². The largest absolute Gasteiger partial charge is 0.371 e. The zero-order valence-electron chi connectivity index (χ0n) is 19.6. The van der Waals surface area contributed by atoms with Crippen molar-refractivity contribution < 1.29 is 19.1 Å². The van der Waals surface area contributed by atoms with Crippen LogP contribution in [-0.2, 0) is 19.1 Å². The fraction of sp³-hybridized carbons (Fsp3) is 0.926. The number of hydrogen-bond donors (Lipinski definition) is 1. The summed E-state index contributed by atoms with van der Waals surface area (Å²) in [7, 11) is 0. The van der Waals surface area contributed by atoms with Crippen molar-refractivity contribution >= 4 is 11.7 Å². The van der Waals surface area contributed by atoms with Crippen LogP contribution >= 0.6 is 0 Å². The Morgan fingerprint density at radius 2 is 1.09 bits per heavy atom. The van der Waals surface area contributed by atoms with Gasteiger partial charge in [0.2, 0.25) is 5.91 Å². The van der Waals surface area contributed by atoms with E-state index in [-0.39, 0.29) is 30.4 Å². The van der Waals surface area contributed by atoms with Crippen LogP contribution in [-0.4, -0.2) is 43.7 Å². The SMILES string of the molecule is O=C(COCCOCC(=O)NC12CC3CC(CC(C3)C1)C2)CC12CC3CC(CC(C3)C1)C2. The Bertz CT molecular complexity index is 613. The molecule has 5 heteroatoms. The molecule has 8 rings (SSSR count). The Morgan fingerprint density at radius 1 is 0.656 bits per heavy atom. The van der Waals surface area contributed by atoms with Crippen molar-refractivity contribution in [3.63, 3.8) is 0 Å². The maximum absolute atomic E-state index is 12.6. The lowest BCUT2D eigenvalue weighted by molar-refractivity contribution is -0.135. The van der Waals surface area contributed by atoms with Gasteiger partial charge in [0.15, 0.2) is 5.78 Å². The minimum atomic E-state index is 0.0184. The molecule has 8 aliphatic rings. The number of amides is 1. The Labute approximate surface area is 192 Å². The molecule has 178 valence electrons. The molecule has 0 heterocycles. The molecule has 8 bridgehead atoms. The van der Waals surface area contributed by atoms with Gasteiger partial charge in [0.25, 0.3) is 0 Å². The molecule has 0 saturated heterocycles. The normalized spacial score (nSPS) is 45.4. The second-order valence-electron chi connectivity index (χ2n) is 13.0. The van der Waals surface area contributed by atoms with E-state index in [1.165, 1.54) is 77.0 Å². The molecule has 1 N–H and O–H groups in total. The topological polar surface area (TPSA) is 64.6 Å². The summed E-state index contributed by atoms with van der Waals surface area (Å²) in [4.78, 5) is 25.1. The van der Waals surface area contributed by atoms with Crippen molar-refractivity contribution in [2.75, 3.05) is 26.4 Å². The first-order chi connectivity index (χ1) is 15.5. The number of nitrogens with one attached hydrogen (secondary N) is 1. The standard InChI is InChI=1S/C27H41NO4/c29-24(15-26-9-18-3-19(10-26)5-20(4-18)11-26)16-31-1-2-32-17-25(30)28-27-12-21-6-22(13-27)8-23(7-21)14-27/h18-23H,1-17H2,(H,28,30). The number of hydrogen-bond acceptors (Lipinski definition) is 4. The van der Waals surface area contributed by atoms with Gasteiger partial charge in [-0.15, -0.1) is 0 Å². The Morgan fingerprint density at radius 3 is 1.59 bits per heavy atom. The van der Waals surface area contributed by atoms with Crippen LogP contribution in [0.5, 0.6) is 0 Å². The highest BCUT2D eigenvalue weighted by Crippen LogP contribution is 2.61. The average molecular weight is 444 g/mol. The van der Waals surface area contributed by atoms with Gasteiger partial charge < -0.3 is 14.8 Å². The van der Waals surface area contributed by atoms with Crippen molar-refractivity contribution in [2.24, 2.45) is 40.9 Å². The van der Waals surface area contributed by atoms with E-state index in [4.69, 9.17) is 9.47 Å². The lowest BCUT2D eigenvalue weighted by atomic mass is 9.48. The summed E-state index contributed by atoms with van der Waals surface area (Å²) in [5, 5.41) is 3.35. The third-order valence-corrected chi connectivity index (χ3v) is 10.0. The average Bonchev–Trinajstić information content (AvgIpc) is 2.67. The smallest absolute Gasteiger partial charge is 0.246 e. The van der Waals surface area contributed by atoms with Crippen molar-refractivity contribution in [3.8, 4) is 0 Å². The van der Waals surface area contributed by atoms with Crippen LogP contribution in [0.15, 0.2) is 0 Å². The molecule has 0 aromatic heterocycles. The highest BCUT2D eigenvalue weighted by Gasteiger charge is 2.52. The maximum atomic E-state index is 12.6. The second-order valence-corrected chi connectivity index (χ2v) is 13.0. The van der Waals surface area contributed by atoms with Crippen LogP contribution < -0.4 is 5.32 Å². The van der Waals surface area contributed by atoms with Crippen LogP contribution in [0.2, 0.25) is 0 Å². The van der Waals surface area contributed by atoms with E-state index in [9.17, 15) is 9.59 Å². The summed E-state index contributed by atoms with van der Waals surface area (Å²) in [5.41, 5.74) is 0.344. The van der Waals surface area contributed by atoms with E-state index in [1.54, 1.807) is 0 Å². The van der Waals surface area contributed by atoms with Crippen molar-refractivity contribution in [2.45, 2.75) is 89.0 Å². The van der Waals surface area contributed by atoms with Crippen LogP contribution in [0.25, 0.3) is 0 Å². The summed E-state index contributed by atoms with van der Waals surface area (Å²) >= 11 is 0. The lowest BCUT2D eigenvalue weighted by Gasteiger charge is -2.56. The molecule has 0 aromatic carbocycles. The van der Waals surface area contributed by atoms with Gasteiger partial charge in [-0.2, -0.15) is 0 Å². The van der Waals surface area contributed by atoms with Gasteiger partial charge in [-0.3, -0.25) is 9.59 Å². The molecule has 8 aliphatic carbocycles. The summed E-state index contributed by atoms with van der Waals surface area (Å²) in [5.74, 6) is 5.40.